The lowest BCUT2D eigenvalue weighted by Crippen LogP contribution is -2.29. The SMILES string of the molecule is O=S1(=O)CCC(NCc2ccc(Br)c(Br)c2)C1. The number of rotatable bonds is 3. The van der Waals surface area contributed by atoms with Crippen LogP contribution in [0.3, 0.4) is 0 Å². The van der Waals surface area contributed by atoms with E-state index >= 15 is 0 Å². The summed E-state index contributed by atoms with van der Waals surface area (Å²) in [6.07, 6.45) is 0.722. The standard InChI is InChI=1S/C11H13Br2NO2S/c12-10-2-1-8(5-11(10)13)6-14-9-3-4-17(15,16)7-9/h1-2,5,9,14H,3-4,6-7H2. The van der Waals surface area contributed by atoms with Crippen LogP contribution in [0, 0.1) is 0 Å². The van der Waals surface area contributed by atoms with Crippen LogP contribution in [0.4, 0.5) is 0 Å². The Morgan fingerprint density at radius 3 is 2.65 bits per heavy atom. The molecule has 1 unspecified atom stereocenters. The highest BCUT2D eigenvalue weighted by molar-refractivity contribution is 9.13. The van der Waals surface area contributed by atoms with Crippen molar-refractivity contribution in [3.8, 4) is 0 Å². The monoisotopic (exact) mass is 381 g/mol. The van der Waals surface area contributed by atoms with Crippen LogP contribution in [-0.4, -0.2) is 26.0 Å². The predicted molar refractivity (Wildman–Crippen MR) is 75.7 cm³/mol. The van der Waals surface area contributed by atoms with Gasteiger partial charge in [-0.3, -0.25) is 0 Å². The van der Waals surface area contributed by atoms with Crippen molar-refractivity contribution in [2.75, 3.05) is 11.5 Å². The quantitative estimate of drug-likeness (QED) is 0.873. The van der Waals surface area contributed by atoms with Gasteiger partial charge >= 0.3 is 0 Å². The normalized spacial score (nSPS) is 22.8. The summed E-state index contributed by atoms with van der Waals surface area (Å²) >= 11 is 6.86. The number of hydrogen-bond donors (Lipinski definition) is 1. The fourth-order valence-corrected chi connectivity index (χ4v) is 4.25. The summed E-state index contributed by atoms with van der Waals surface area (Å²) in [6.45, 7) is 0.700. The molecule has 1 fully saturated rings. The highest BCUT2D eigenvalue weighted by Crippen LogP contribution is 2.24. The summed E-state index contributed by atoms with van der Waals surface area (Å²) in [7, 11) is -2.79. The molecule has 1 aliphatic rings. The Morgan fingerprint density at radius 2 is 2.06 bits per heavy atom. The molecule has 1 N–H and O–H groups in total. The molecule has 0 aliphatic carbocycles. The van der Waals surface area contributed by atoms with Crippen LogP contribution in [0.25, 0.3) is 0 Å². The molecule has 0 saturated carbocycles. The molecule has 3 nitrogen and oxygen atoms in total. The lowest BCUT2D eigenvalue weighted by molar-refractivity contribution is 0.554. The molecule has 17 heavy (non-hydrogen) atoms. The molecule has 1 saturated heterocycles. The van der Waals surface area contributed by atoms with Crippen molar-refractivity contribution in [1.82, 2.24) is 5.32 Å². The first kappa shape index (κ1) is 13.5. The molecular weight excluding hydrogens is 370 g/mol. The van der Waals surface area contributed by atoms with Gasteiger partial charge in [0.2, 0.25) is 0 Å². The second-order valence-corrected chi connectivity index (χ2v) is 8.17. The summed E-state index contributed by atoms with van der Waals surface area (Å²) in [5.74, 6) is 0.583. The van der Waals surface area contributed by atoms with Crippen LogP contribution in [-0.2, 0) is 16.4 Å². The zero-order chi connectivity index (χ0) is 12.5. The van der Waals surface area contributed by atoms with Crippen LogP contribution in [0.2, 0.25) is 0 Å². The third-order valence-electron chi connectivity index (χ3n) is 2.81. The van der Waals surface area contributed by atoms with Gasteiger partial charge in [0.15, 0.2) is 9.84 Å². The van der Waals surface area contributed by atoms with Gasteiger partial charge in [0, 0.05) is 21.5 Å². The third kappa shape index (κ3) is 3.77. The van der Waals surface area contributed by atoms with Crippen molar-refractivity contribution >= 4 is 41.7 Å². The van der Waals surface area contributed by atoms with E-state index in [1.54, 1.807) is 0 Å². The molecule has 1 heterocycles. The second kappa shape index (κ2) is 5.38. The maximum Gasteiger partial charge on any atom is 0.151 e. The Hall–Kier alpha value is 0.0900. The second-order valence-electron chi connectivity index (χ2n) is 4.23. The highest BCUT2D eigenvalue weighted by atomic mass is 79.9. The van der Waals surface area contributed by atoms with E-state index in [4.69, 9.17) is 0 Å². The van der Waals surface area contributed by atoms with Gasteiger partial charge in [-0.2, -0.15) is 0 Å². The summed E-state index contributed by atoms with van der Waals surface area (Å²) in [5, 5.41) is 3.28. The van der Waals surface area contributed by atoms with E-state index in [9.17, 15) is 8.42 Å². The van der Waals surface area contributed by atoms with E-state index in [0.717, 1.165) is 20.9 Å². The summed E-state index contributed by atoms with van der Waals surface area (Å²) in [6, 6.07) is 6.13. The van der Waals surface area contributed by atoms with Crippen molar-refractivity contribution in [3.05, 3.63) is 32.7 Å². The van der Waals surface area contributed by atoms with Crippen molar-refractivity contribution < 1.29 is 8.42 Å². The summed E-state index contributed by atoms with van der Waals surface area (Å²) in [5.41, 5.74) is 1.14. The highest BCUT2D eigenvalue weighted by Gasteiger charge is 2.27. The minimum atomic E-state index is -2.79. The average molecular weight is 383 g/mol. The molecule has 0 spiro atoms. The van der Waals surface area contributed by atoms with Gasteiger partial charge in [0.1, 0.15) is 0 Å². The molecule has 1 atom stereocenters. The van der Waals surface area contributed by atoms with Crippen LogP contribution in [0.1, 0.15) is 12.0 Å². The van der Waals surface area contributed by atoms with E-state index in [2.05, 4.69) is 37.2 Å². The van der Waals surface area contributed by atoms with Crippen LogP contribution in [0.5, 0.6) is 0 Å². The number of sulfone groups is 1. The van der Waals surface area contributed by atoms with Crippen molar-refractivity contribution in [3.63, 3.8) is 0 Å². The fraction of sp³-hybridized carbons (Fsp3) is 0.455. The molecule has 6 heteroatoms. The summed E-state index contributed by atoms with van der Waals surface area (Å²) in [4.78, 5) is 0. The van der Waals surface area contributed by atoms with Crippen molar-refractivity contribution in [1.29, 1.82) is 0 Å². The minimum absolute atomic E-state index is 0.0995. The Labute approximate surface area is 118 Å². The number of nitrogens with one attached hydrogen (secondary N) is 1. The molecule has 0 amide bonds. The number of halogens is 2. The van der Waals surface area contributed by atoms with Crippen LogP contribution in [0.15, 0.2) is 27.1 Å². The Bertz CT molecular complexity index is 516. The fourth-order valence-electron chi connectivity index (χ4n) is 1.87. The van der Waals surface area contributed by atoms with E-state index < -0.39 is 9.84 Å². The number of benzene rings is 1. The Balaban J connectivity index is 1.92. The lowest BCUT2D eigenvalue weighted by Gasteiger charge is -2.11. The molecule has 1 aliphatic heterocycles. The van der Waals surface area contributed by atoms with E-state index in [0.29, 0.717) is 12.3 Å². The predicted octanol–water partition coefficient (Wildman–Crippen LogP) is 2.49. The molecule has 0 radical (unpaired) electrons. The molecule has 1 aromatic carbocycles. The summed E-state index contributed by atoms with van der Waals surface area (Å²) < 4.78 is 24.6. The van der Waals surface area contributed by atoms with Gasteiger partial charge in [-0.15, -0.1) is 0 Å². The van der Waals surface area contributed by atoms with Crippen molar-refractivity contribution in [2.24, 2.45) is 0 Å². The van der Waals surface area contributed by atoms with Gasteiger partial charge in [0.25, 0.3) is 0 Å². The van der Waals surface area contributed by atoms with E-state index in [1.165, 1.54) is 0 Å². The van der Waals surface area contributed by atoms with Gasteiger partial charge in [0.05, 0.1) is 11.5 Å². The molecule has 2 rings (SSSR count). The van der Waals surface area contributed by atoms with Crippen molar-refractivity contribution in [2.45, 2.75) is 19.0 Å². The van der Waals surface area contributed by atoms with Gasteiger partial charge in [-0.25, -0.2) is 8.42 Å². The Kier molecular flexibility index (Phi) is 4.28. The lowest BCUT2D eigenvalue weighted by atomic mass is 10.2. The molecular formula is C11H13Br2NO2S. The first-order valence-electron chi connectivity index (χ1n) is 5.34. The number of hydrogen-bond acceptors (Lipinski definition) is 3. The average Bonchev–Trinajstić information content (AvgIpc) is 2.60. The van der Waals surface area contributed by atoms with E-state index in [-0.39, 0.29) is 11.8 Å². The third-order valence-corrected chi connectivity index (χ3v) is 6.46. The topological polar surface area (TPSA) is 46.2 Å². The van der Waals surface area contributed by atoms with Gasteiger partial charge in [-0.05, 0) is 56.0 Å². The van der Waals surface area contributed by atoms with E-state index in [1.807, 2.05) is 18.2 Å². The smallest absolute Gasteiger partial charge is 0.151 e. The molecule has 0 aromatic heterocycles. The van der Waals surface area contributed by atoms with Crippen LogP contribution >= 0.6 is 31.9 Å². The van der Waals surface area contributed by atoms with Crippen LogP contribution < -0.4 is 5.32 Å². The largest absolute Gasteiger partial charge is 0.309 e. The molecule has 1 aromatic rings. The first-order valence-corrected chi connectivity index (χ1v) is 8.75. The minimum Gasteiger partial charge on any atom is -0.309 e. The zero-order valence-corrected chi connectivity index (χ0v) is 13.1. The zero-order valence-electron chi connectivity index (χ0n) is 9.12. The first-order chi connectivity index (χ1) is 7.96. The molecule has 0 bridgehead atoms. The van der Waals surface area contributed by atoms with Gasteiger partial charge in [-0.1, -0.05) is 6.07 Å². The maximum atomic E-state index is 11.3. The van der Waals surface area contributed by atoms with Gasteiger partial charge < -0.3 is 5.32 Å². The maximum absolute atomic E-state index is 11.3. The molecule has 94 valence electrons. The Morgan fingerprint density at radius 1 is 1.29 bits per heavy atom.